The van der Waals surface area contributed by atoms with Gasteiger partial charge in [0.15, 0.2) is 0 Å². The summed E-state index contributed by atoms with van der Waals surface area (Å²) in [7, 11) is 0. The lowest BCUT2D eigenvalue weighted by molar-refractivity contribution is -0.150. The second kappa shape index (κ2) is 24.2. The summed E-state index contributed by atoms with van der Waals surface area (Å²) in [6.45, 7) is 5.41. The average Bonchev–Trinajstić information content (AvgIpc) is 2.75. The molecule has 0 fully saturated rings. The number of carbonyl (C=O) groups is 2. The second-order valence-electron chi connectivity index (χ2n) is 8.60. The molecule has 4 nitrogen and oxygen atoms in total. The molecule has 0 aliphatic carbocycles. The molecule has 0 unspecified atom stereocenters. The van der Waals surface area contributed by atoms with Gasteiger partial charge in [-0.05, 0) is 12.8 Å². The molecule has 0 spiro atoms. The first-order valence-electron chi connectivity index (χ1n) is 13.0. The van der Waals surface area contributed by atoms with Gasteiger partial charge in [0.1, 0.15) is 0 Å². The first-order chi connectivity index (χ1) is 14.7. The maximum atomic E-state index is 11.7. The van der Waals surface area contributed by atoms with E-state index >= 15 is 0 Å². The highest BCUT2D eigenvalue weighted by Gasteiger charge is 2.09. The molecule has 0 bridgehead atoms. The van der Waals surface area contributed by atoms with Crippen LogP contribution in [0.3, 0.4) is 0 Å². The Morgan fingerprint density at radius 2 is 0.700 bits per heavy atom. The number of esters is 2. The normalized spacial score (nSPS) is 10.9. The fourth-order valence-corrected chi connectivity index (χ4v) is 3.55. The van der Waals surface area contributed by atoms with Crippen LogP contribution in [0.1, 0.15) is 142 Å². The standard InChI is InChI=1S/C26H50O4/c1-3-5-7-9-11-12-13-14-15-16-18-20-24-30-26(28)22-21-25(27)29-23-19-17-10-8-6-4-2/h3-24H2,1-2H3. The van der Waals surface area contributed by atoms with Gasteiger partial charge in [-0.2, -0.15) is 0 Å². The van der Waals surface area contributed by atoms with Gasteiger partial charge in [0.25, 0.3) is 0 Å². The quantitative estimate of drug-likeness (QED) is 0.123. The zero-order valence-electron chi connectivity index (χ0n) is 20.2. The largest absolute Gasteiger partial charge is 0.466 e. The molecule has 0 aliphatic rings. The molecule has 30 heavy (non-hydrogen) atoms. The molecule has 0 amide bonds. The number of unbranched alkanes of at least 4 members (excludes halogenated alkanes) is 16. The van der Waals surface area contributed by atoms with Gasteiger partial charge in [-0.1, -0.05) is 117 Å². The molecular weight excluding hydrogens is 376 g/mol. The van der Waals surface area contributed by atoms with E-state index in [2.05, 4.69) is 13.8 Å². The van der Waals surface area contributed by atoms with E-state index in [1.807, 2.05) is 0 Å². The minimum Gasteiger partial charge on any atom is -0.466 e. The maximum absolute atomic E-state index is 11.7. The summed E-state index contributed by atoms with van der Waals surface area (Å²) in [4.78, 5) is 23.3. The highest BCUT2D eigenvalue weighted by molar-refractivity contribution is 5.77. The molecule has 0 radical (unpaired) electrons. The molecule has 0 rings (SSSR count). The first kappa shape index (κ1) is 28.9. The third kappa shape index (κ3) is 23.2. The number of hydrogen-bond acceptors (Lipinski definition) is 4. The van der Waals surface area contributed by atoms with Crippen molar-refractivity contribution >= 4 is 11.9 Å². The van der Waals surface area contributed by atoms with E-state index in [4.69, 9.17) is 9.47 Å². The Morgan fingerprint density at radius 1 is 0.433 bits per heavy atom. The van der Waals surface area contributed by atoms with E-state index in [0.717, 1.165) is 25.7 Å². The number of ether oxygens (including phenoxy) is 2. The summed E-state index contributed by atoms with van der Waals surface area (Å²) in [6, 6.07) is 0. The van der Waals surface area contributed by atoms with E-state index in [1.165, 1.54) is 89.9 Å². The monoisotopic (exact) mass is 426 g/mol. The van der Waals surface area contributed by atoms with Crippen molar-refractivity contribution in [3.8, 4) is 0 Å². The van der Waals surface area contributed by atoms with Gasteiger partial charge in [-0.3, -0.25) is 9.59 Å². The Balaban J connectivity index is 3.28. The van der Waals surface area contributed by atoms with E-state index in [-0.39, 0.29) is 24.8 Å². The van der Waals surface area contributed by atoms with Gasteiger partial charge in [0.2, 0.25) is 0 Å². The van der Waals surface area contributed by atoms with Crippen molar-refractivity contribution in [2.24, 2.45) is 0 Å². The predicted molar refractivity (Wildman–Crippen MR) is 126 cm³/mol. The molecule has 0 aromatic heterocycles. The lowest BCUT2D eigenvalue weighted by atomic mass is 10.1. The van der Waals surface area contributed by atoms with Crippen LogP contribution in [-0.4, -0.2) is 25.2 Å². The number of carbonyl (C=O) groups excluding carboxylic acids is 2. The summed E-state index contributed by atoms with van der Waals surface area (Å²) < 4.78 is 10.4. The van der Waals surface area contributed by atoms with Gasteiger partial charge < -0.3 is 9.47 Å². The average molecular weight is 427 g/mol. The zero-order valence-corrected chi connectivity index (χ0v) is 20.2. The molecule has 0 saturated carbocycles. The Bertz CT molecular complexity index is 381. The summed E-state index contributed by atoms with van der Waals surface area (Å²) >= 11 is 0. The molecule has 0 N–H and O–H groups in total. The highest BCUT2D eigenvalue weighted by Crippen LogP contribution is 2.12. The van der Waals surface area contributed by atoms with Crippen molar-refractivity contribution in [1.29, 1.82) is 0 Å². The van der Waals surface area contributed by atoms with Crippen LogP contribution < -0.4 is 0 Å². The molecule has 0 aromatic rings. The van der Waals surface area contributed by atoms with Crippen LogP contribution in [0, 0.1) is 0 Å². The highest BCUT2D eigenvalue weighted by atomic mass is 16.5. The van der Waals surface area contributed by atoms with Crippen molar-refractivity contribution < 1.29 is 19.1 Å². The predicted octanol–water partition coefficient (Wildman–Crippen LogP) is 7.91. The summed E-state index contributed by atoms with van der Waals surface area (Å²) in [6.07, 6.45) is 22.8. The number of hydrogen-bond donors (Lipinski definition) is 0. The molecule has 0 saturated heterocycles. The van der Waals surface area contributed by atoms with Gasteiger partial charge in [0.05, 0.1) is 26.1 Å². The van der Waals surface area contributed by atoms with Crippen molar-refractivity contribution in [1.82, 2.24) is 0 Å². The zero-order chi connectivity index (χ0) is 22.1. The minimum absolute atomic E-state index is 0.132. The lowest BCUT2D eigenvalue weighted by Gasteiger charge is -2.06. The van der Waals surface area contributed by atoms with Gasteiger partial charge in [-0.25, -0.2) is 0 Å². The first-order valence-corrected chi connectivity index (χ1v) is 13.0. The Morgan fingerprint density at radius 3 is 1.00 bits per heavy atom. The Hall–Kier alpha value is -1.06. The maximum Gasteiger partial charge on any atom is 0.306 e. The van der Waals surface area contributed by atoms with Gasteiger partial charge >= 0.3 is 11.9 Å². The van der Waals surface area contributed by atoms with Crippen LogP contribution in [0.4, 0.5) is 0 Å². The second-order valence-corrected chi connectivity index (χ2v) is 8.60. The smallest absolute Gasteiger partial charge is 0.306 e. The summed E-state index contributed by atoms with van der Waals surface area (Å²) in [5, 5.41) is 0. The molecule has 0 atom stereocenters. The van der Waals surface area contributed by atoms with Crippen LogP contribution >= 0.6 is 0 Å². The summed E-state index contributed by atoms with van der Waals surface area (Å²) in [5.41, 5.74) is 0. The Kier molecular flexibility index (Phi) is 23.4. The molecule has 0 aliphatic heterocycles. The summed E-state index contributed by atoms with van der Waals surface area (Å²) in [5.74, 6) is -0.569. The lowest BCUT2D eigenvalue weighted by Crippen LogP contribution is -2.11. The minimum atomic E-state index is -0.286. The third-order valence-corrected chi connectivity index (χ3v) is 5.56. The fourth-order valence-electron chi connectivity index (χ4n) is 3.55. The van der Waals surface area contributed by atoms with Crippen LogP contribution in [0.2, 0.25) is 0 Å². The van der Waals surface area contributed by atoms with Crippen molar-refractivity contribution in [3.63, 3.8) is 0 Å². The molecular formula is C26H50O4. The SMILES string of the molecule is CCCCCCCCCCCCCCOC(=O)CCC(=O)OCCCCCCCC. The van der Waals surface area contributed by atoms with Crippen molar-refractivity contribution in [2.75, 3.05) is 13.2 Å². The van der Waals surface area contributed by atoms with Crippen LogP contribution in [-0.2, 0) is 19.1 Å². The van der Waals surface area contributed by atoms with Crippen molar-refractivity contribution in [2.45, 2.75) is 142 Å². The van der Waals surface area contributed by atoms with Crippen LogP contribution in [0.25, 0.3) is 0 Å². The van der Waals surface area contributed by atoms with E-state index in [0.29, 0.717) is 13.2 Å². The third-order valence-electron chi connectivity index (χ3n) is 5.56. The number of rotatable bonds is 23. The van der Waals surface area contributed by atoms with Crippen LogP contribution in [0.15, 0.2) is 0 Å². The molecule has 0 aromatic carbocycles. The van der Waals surface area contributed by atoms with E-state index in [9.17, 15) is 9.59 Å². The Labute approximate surface area is 186 Å². The van der Waals surface area contributed by atoms with Gasteiger partial charge in [-0.15, -0.1) is 0 Å². The molecule has 4 heteroatoms. The van der Waals surface area contributed by atoms with Gasteiger partial charge in [0, 0.05) is 0 Å². The van der Waals surface area contributed by atoms with E-state index < -0.39 is 0 Å². The van der Waals surface area contributed by atoms with Crippen molar-refractivity contribution in [3.05, 3.63) is 0 Å². The van der Waals surface area contributed by atoms with Crippen LogP contribution in [0.5, 0.6) is 0 Å². The molecule has 178 valence electrons. The van der Waals surface area contributed by atoms with E-state index in [1.54, 1.807) is 0 Å². The fraction of sp³-hybridized carbons (Fsp3) is 0.923. The molecule has 0 heterocycles. The topological polar surface area (TPSA) is 52.6 Å².